The van der Waals surface area contributed by atoms with E-state index in [9.17, 15) is 17.8 Å². The van der Waals surface area contributed by atoms with Crippen LogP contribution in [0.2, 0.25) is 0 Å². The van der Waals surface area contributed by atoms with Crippen LogP contribution in [0.1, 0.15) is 23.5 Å². The number of nitrogens with one attached hydrogen (secondary N) is 2. The highest BCUT2D eigenvalue weighted by molar-refractivity contribution is 7.87. The number of rotatable bonds is 8. The Hall–Kier alpha value is -3.40. The van der Waals surface area contributed by atoms with Gasteiger partial charge in [0.15, 0.2) is 17.3 Å². The van der Waals surface area contributed by atoms with Crippen LogP contribution >= 0.6 is 0 Å². The van der Waals surface area contributed by atoms with Crippen molar-refractivity contribution in [3.05, 3.63) is 75.6 Å². The molecule has 2 aromatic carbocycles. The maximum Gasteiger partial charge on any atom is 0.255 e. The van der Waals surface area contributed by atoms with Gasteiger partial charge in [0.1, 0.15) is 28.3 Å². The van der Waals surface area contributed by atoms with Crippen LogP contribution in [0.4, 0.5) is 26.0 Å². The molecule has 180 valence electrons. The van der Waals surface area contributed by atoms with Crippen LogP contribution in [0.5, 0.6) is 11.5 Å². The molecule has 34 heavy (non-hydrogen) atoms. The molecule has 1 aromatic heterocycles. The zero-order valence-corrected chi connectivity index (χ0v) is 20.0. The molecule has 3 atom stereocenters. The Morgan fingerprint density at radius 2 is 1.76 bits per heavy atom. The fourth-order valence-electron chi connectivity index (χ4n) is 3.78. The maximum absolute atomic E-state index is 14.5. The minimum Gasteiger partial charge on any atom is -0.494 e. The summed E-state index contributed by atoms with van der Waals surface area (Å²) in [6, 6.07) is 10.6. The van der Waals surface area contributed by atoms with Crippen LogP contribution < -0.4 is 25.1 Å². The number of benzene rings is 2. The molecule has 4 rings (SSSR count). The first kappa shape index (κ1) is 23.7. The van der Waals surface area contributed by atoms with E-state index < -0.39 is 22.6 Å². The number of ether oxygens (including phenoxy) is 2. The third-order valence-electron chi connectivity index (χ3n) is 5.81. The van der Waals surface area contributed by atoms with Gasteiger partial charge in [0.05, 0.1) is 25.2 Å². The topological polar surface area (TPSA) is 81.6 Å². The standard InChI is InChI=1S/C24H25F2N3O4S/c1-13-5-7-18(16(25)9-13)27-24-23(20(33-4)12-22(30)29(24)2)28-34(31)21-11-15(21)14-6-8-19(32-3)17(26)10-14/h5-10,12,15,21,27-28H,11H2,1-4H3. The molecule has 1 saturated carbocycles. The summed E-state index contributed by atoms with van der Waals surface area (Å²) in [4.78, 5) is 12.5. The molecular formula is C24H25F2N3O4S. The molecule has 7 nitrogen and oxygen atoms in total. The lowest BCUT2D eigenvalue weighted by atomic mass is 10.1. The van der Waals surface area contributed by atoms with E-state index in [2.05, 4.69) is 10.0 Å². The fourth-order valence-corrected chi connectivity index (χ4v) is 5.17. The van der Waals surface area contributed by atoms with Crippen LogP contribution in [0.15, 0.2) is 47.3 Å². The molecule has 2 N–H and O–H groups in total. The molecule has 1 heterocycles. The molecule has 0 aliphatic heterocycles. The average Bonchev–Trinajstić information content (AvgIpc) is 3.61. The second-order valence-electron chi connectivity index (χ2n) is 8.12. The quantitative estimate of drug-likeness (QED) is 0.491. The van der Waals surface area contributed by atoms with E-state index in [0.717, 1.165) is 11.1 Å². The Bertz CT molecular complexity index is 1330. The number of hydrogen-bond donors (Lipinski definition) is 2. The normalized spacial score (nSPS) is 17.7. The highest BCUT2D eigenvalue weighted by Gasteiger charge is 2.44. The van der Waals surface area contributed by atoms with Gasteiger partial charge in [0.2, 0.25) is 0 Å². The van der Waals surface area contributed by atoms with E-state index in [0.29, 0.717) is 6.42 Å². The molecule has 1 fully saturated rings. The lowest BCUT2D eigenvalue weighted by Gasteiger charge is -2.19. The summed E-state index contributed by atoms with van der Waals surface area (Å²) in [6.45, 7) is 1.77. The number of methoxy groups -OCH3 is 2. The zero-order valence-electron chi connectivity index (χ0n) is 19.1. The first-order valence-electron chi connectivity index (χ1n) is 10.5. The molecular weight excluding hydrogens is 464 g/mol. The predicted octanol–water partition coefficient (Wildman–Crippen LogP) is 4.36. The Kier molecular flexibility index (Phi) is 6.60. The van der Waals surface area contributed by atoms with Crippen molar-refractivity contribution in [1.29, 1.82) is 0 Å². The Balaban J connectivity index is 1.62. The third-order valence-corrected chi connectivity index (χ3v) is 7.29. The van der Waals surface area contributed by atoms with Crippen molar-refractivity contribution in [2.24, 2.45) is 7.05 Å². The van der Waals surface area contributed by atoms with Crippen molar-refractivity contribution < 1.29 is 22.5 Å². The molecule has 0 amide bonds. The van der Waals surface area contributed by atoms with Crippen LogP contribution in [-0.4, -0.2) is 28.2 Å². The van der Waals surface area contributed by atoms with E-state index in [1.54, 1.807) is 31.2 Å². The highest BCUT2D eigenvalue weighted by Crippen LogP contribution is 2.46. The lowest BCUT2D eigenvalue weighted by Crippen LogP contribution is -2.22. The summed E-state index contributed by atoms with van der Waals surface area (Å²) in [5.74, 6) is -0.554. The number of halogens is 2. The van der Waals surface area contributed by atoms with Crippen molar-refractivity contribution in [3.8, 4) is 11.5 Å². The van der Waals surface area contributed by atoms with Gasteiger partial charge < -0.3 is 14.8 Å². The molecule has 1 aliphatic rings. The van der Waals surface area contributed by atoms with Crippen LogP contribution in [0.3, 0.4) is 0 Å². The summed E-state index contributed by atoms with van der Waals surface area (Å²) < 4.78 is 56.3. The Morgan fingerprint density at radius 3 is 2.41 bits per heavy atom. The number of anilines is 3. The van der Waals surface area contributed by atoms with Gasteiger partial charge in [-0.1, -0.05) is 12.1 Å². The molecule has 0 radical (unpaired) electrons. The predicted molar refractivity (Wildman–Crippen MR) is 129 cm³/mol. The molecule has 1 aliphatic carbocycles. The minimum absolute atomic E-state index is 0.0989. The monoisotopic (exact) mass is 489 g/mol. The largest absolute Gasteiger partial charge is 0.494 e. The first-order valence-corrected chi connectivity index (χ1v) is 11.8. The molecule has 0 saturated heterocycles. The molecule has 0 spiro atoms. The van der Waals surface area contributed by atoms with Crippen molar-refractivity contribution >= 4 is 28.2 Å². The van der Waals surface area contributed by atoms with Crippen LogP contribution in [0, 0.1) is 18.6 Å². The number of pyridine rings is 1. The SMILES string of the molecule is COc1ccc(C2CC2S(=O)Nc2c(OC)cc(=O)n(C)c2Nc2ccc(C)cc2F)cc1F. The van der Waals surface area contributed by atoms with E-state index in [-0.39, 0.29) is 45.4 Å². The van der Waals surface area contributed by atoms with E-state index in [4.69, 9.17) is 9.47 Å². The Morgan fingerprint density at radius 1 is 1.03 bits per heavy atom. The first-order chi connectivity index (χ1) is 16.2. The van der Waals surface area contributed by atoms with Crippen LogP contribution in [-0.2, 0) is 18.0 Å². The van der Waals surface area contributed by atoms with Gasteiger partial charge in [-0.2, -0.15) is 0 Å². The zero-order chi connectivity index (χ0) is 24.6. The second kappa shape index (κ2) is 9.46. The van der Waals surface area contributed by atoms with Crippen molar-refractivity contribution in [2.45, 2.75) is 24.5 Å². The van der Waals surface area contributed by atoms with Crippen molar-refractivity contribution in [2.75, 3.05) is 24.3 Å². The van der Waals surface area contributed by atoms with Crippen molar-refractivity contribution in [1.82, 2.24) is 4.57 Å². The smallest absolute Gasteiger partial charge is 0.255 e. The second-order valence-corrected chi connectivity index (χ2v) is 9.52. The van der Waals surface area contributed by atoms with Gasteiger partial charge in [-0.25, -0.2) is 13.0 Å². The van der Waals surface area contributed by atoms with E-state index in [1.807, 2.05) is 0 Å². The Labute approximate surface area is 198 Å². The van der Waals surface area contributed by atoms with Gasteiger partial charge in [-0.15, -0.1) is 0 Å². The van der Waals surface area contributed by atoms with Crippen LogP contribution in [0.25, 0.3) is 0 Å². The number of aryl methyl sites for hydroxylation is 1. The van der Waals surface area contributed by atoms with Gasteiger partial charge >= 0.3 is 0 Å². The molecule has 3 unspecified atom stereocenters. The minimum atomic E-state index is -1.59. The van der Waals surface area contributed by atoms with Gasteiger partial charge in [-0.3, -0.25) is 14.1 Å². The summed E-state index contributed by atoms with van der Waals surface area (Å²) in [5, 5.41) is 2.65. The molecule has 10 heteroatoms. The van der Waals surface area contributed by atoms with Gasteiger partial charge in [0, 0.05) is 19.0 Å². The molecule has 0 bridgehead atoms. The fraction of sp³-hybridized carbons (Fsp3) is 0.292. The highest BCUT2D eigenvalue weighted by atomic mass is 32.2. The lowest BCUT2D eigenvalue weighted by molar-refractivity contribution is 0.386. The van der Waals surface area contributed by atoms with E-state index >= 15 is 0 Å². The number of nitrogens with zero attached hydrogens (tertiary/aromatic N) is 1. The summed E-state index contributed by atoms with van der Waals surface area (Å²) in [5.41, 5.74) is 1.50. The summed E-state index contributed by atoms with van der Waals surface area (Å²) in [6.07, 6.45) is 0.592. The number of hydrogen-bond acceptors (Lipinski definition) is 5. The average molecular weight is 490 g/mol. The molecule has 3 aromatic rings. The number of aromatic nitrogens is 1. The third kappa shape index (κ3) is 4.63. The summed E-state index contributed by atoms with van der Waals surface area (Å²) in [7, 11) is 2.71. The van der Waals surface area contributed by atoms with Crippen molar-refractivity contribution in [3.63, 3.8) is 0 Å². The summed E-state index contributed by atoms with van der Waals surface area (Å²) >= 11 is 0. The van der Waals surface area contributed by atoms with Gasteiger partial charge in [-0.05, 0) is 48.7 Å². The maximum atomic E-state index is 14.5. The van der Waals surface area contributed by atoms with Gasteiger partial charge in [0.25, 0.3) is 5.56 Å². The van der Waals surface area contributed by atoms with E-state index in [1.165, 1.54) is 44.0 Å².